The van der Waals surface area contributed by atoms with Gasteiger partial charge in [0.15, 0.2) is 0 Å². The number of nitrogens with zero attached hydrogens (tertiary/aromatic N) is 1. The molecular formula is C8H14N2O4S. The van der Waals surface area contributed by atoms with Crippen molar-refractivity contribution in [2.24, 2.45) is 0 Å². The van der Waals surface area contributed by atoms with Crippen molar-refractivity contribution in [1.82, 2.24) is 10.2 Å². The molecule has 0 saturated carbocycles. The second-order valence-electron chi connectivity index (χ2n) is 2.82. The molecule has 6 nitrogen and oxygen atoms in total. The third kappa shape index (κ3) is 9.07. The van der Waals surface area contributed by atoms with Gasteiger partial charge in [-0.15, -0.1) is 11.8 Å². The van der Waals surface area contributed by atoms with Gasteiger partial charge in [0.1, 0.15) is 0 Å². The normalized spacial score (nSPS) is 9.40. The van der Waals surface area contributed by atoms with Gasteiger partial charge < -0.3 is 15.3 Å². The lowest BCUT2D eigenvalue weighted by molar-refractivity contribution is -0.133. The minimum absolute atomic E-state index is 0.0817. The molecule has 2 N–H and O–H groups in total. The Hall–Kier alpha value is -1.24. The van der Waals surface area contributed by atoms with Gasteiger partial charge in [-0.25, -0.2) is 0 Å². The highest BCUT2D eigenvalue weighted by atomic mass is 32.2. The number of hydrogen-bond donors (Lipinski definition) is 2. The SMILES string of the molecule is CN(C=O)CCNC(=O)CSCC(=O)O. The number of carbonyl (C=O) groups excluding carboxylic acids is 2. The Kier molecular flexibility index (Phi) is 7.43. The predicted octanol–water partition coefficient (Wildman–Crippen LogP) is -0.991. The van der Waals surface area contributed by atoms with E-state index in [4.69, 9.17) is 5.11 Å². The Bertz CT molecular complexity index is 235. The van der Waals surface area contributed by atoms with Crippen LogP contribution >= 0.6 is 11.8 Å². The van der Waals surface area contributed by atoms with Gasteiger partial charge in [-0.1, -0.05) is 0 Å². The van der Waals surface area contributed by atoms with Crippen LogP contribution in [0.3, 0.4) is 0 Å². The molecule has 0 bridgehead atoms. The summed E-state index contributed by atoms with van der Waals surface area (Å²) in [6.07, 6.45) is 0.672. The summed E-state index contributed by atoms with van der Waals surface area (Å²) in [6, 6.07) is 0. The van der Waals surface area contributed by atoms with Crippen LogP contribution in [0.5, 0.6) is 0 Å². The maximum atomic E-state index is 11.1. The van der Waals surface area contributed by atoms with E-state index < -0.39 is 5.97 Å². The topological polar surface area (TPSA) is 86.7 Å². The van der Waals surface area contributed by atoms with Crippen molar-refractivity contribution >= 4 is 30.0 Å². The molecule has 0 aliphatic rings. The molecule has 86 valence electrons. The van der Waals surface area contributed by atoms with E-state index in [2.05, 4.69) is 5.32 Å². The summed E-state index contributed by atoms with van der Waals surface area (Å²) in [4.78, 5) is 32.8. The molecule has 0 unspecified atom stereocenters. The van der Waals surface area contributed by atoms with Gasteiger partial charge in [-0.2, -0.15) is 0 Å². The molecule has 0 spiro atoms. The molecule has 7 heteroatoms. The molecule has 0 atom stereocenters. The van der Waals surface area contributed by atoms with Gasteiger partial charge in [-0.05, 0) is 0 Å². The zero-order valence-corrected chi connectivity index (χ0v) is 9.25. The smallest absolute Gasteiger partial charge is 0.313 e. The molecule has 0 aromatic heterocycles. The molecule has 0 aliphatic heterocycles. The Morgan fingerprint density at radius 2 is 2.13 bits per heavy atom. The van der Waals surface area contributed by atoms with Crippen molar-refractivity contribution in [2.75, 3.05) is 31.6 Å². The van der Waals surface area contributed by atoms with Crippen molar-refractivity contribution in [3.05, 3.63) is 0 Å². The second kappa shape index (κ2) is 8.10. The number of hydrogen-bond acceptors (Lipinski definition) is 4. The number of carbonyl (C=O) groups is 3. The Morgan fingerprint density at radius 1 is 1.47 bits per heavy atom. The summed E-state index contributed by atoms with van der Waals surface area (Å²) in [7, 11) is 1.61. The highest BCUT2D eigenvalue weighted by Gasteiger charge is 2.03. The van der Waals surface area contributed by atoms with Crippen LogP contribution in [0.4, 0.5) is 0 Å². The summed E-state index contributed by atoms with van der Waals surface area (Å²) in [5, 5.41) is 10.9. The van der Waals surface area contributed by atoms with Gasteiger partial charge in [0.05, 0.1) is 11.5 Å². The Morgan fingerprint density at radius 3 is 2.67 bits per heavy atom. The monoisotopic (exact) mass is 234 g/mol. The zero-order chi connectivity index (χ0) is 11.7. The van der Waals surface area contributed by atoms with E-state index in [0.29, 0.717) is 19.5 Å². The lowest BCUT2D eigenvalue weighted by Crippen LogP contribution is -2.33. The van der Waals surface area contributed by atoms with Crippen LogP contribution in [-0.4, -0.2) is 59.9 Å². The van der Waals surface area contributed by atoms with E-state index in [1.165, 1.54) is 4.90 Å². The van der Waals surface area contributed by atoms with Crippen LogP contribution in [0.15, 0.2) is 0 Å². The molecule has 0 saturated heterocycles. The highest BCUT2D eigenvalue weighted by molar-refractivity contribution is 8.00. The summed E-state index contributed by atoms with van der Waals surface area (Å²) in [5.74, 6) is -1.12. The summed E-state index contributed by atoms with van der Waals surface area (Å²) in [6.45, 7) is 0.820. The molecule has 15 heavy (non-hydrogen) atoms. The van der Waals surface area contributed by atoms with Crippen molar-refractivity contribution in [3.63, 3.8) is 0 Å². The summed E-state index contributed by atoms with van der Waals surface area (Å²) in [5.41, 5.74) is 0. The van der Waals surface area contributed by atoms with Crippen molar-refractivity contribution < 1.29 is 19.5 Å². The van der Waals surface area contributed by atoms with E-state index in [1.54, 1.807) is 7.05 Å². The summed E-state index contributed by atoms with van der Waals surface area (Å²) >= 11 is 1.04. The van der Waals surface area contributed by atoms with Gasteiger partial charge in [0.25, 0.3) is 0 Å². The molecule has 0 radical (unpaired) electrons. The van der Waals surface area contributed by atoms with E-state index in [1.807, 2.05) is 0 Å². The molecule has 2 amide bonds. The highest BCUT2D eigenvalue weighted by Crippen LogP contribution is 1.97. The standard InChI is InChI=1S/C8H14N2O4S/c1-10(6-11)3-2-9-7(12)4-15-5-8(13)14/h6H,2-5H2,1H3,(H,9,12)(H,13,14). The first kappa shape index (κ1) is 13.8. The number of aliphatic carboxylic acids is 1. The molecule has 0 heterocycles. The molecule has 0 aliphatic carbocycles. The zero-order valence-electron chi connectivity index (χ0n) is 8.43. The maximum Gasteiger partial charge on any atom is 0.313 e. The van der Waals surface area contributed by atoms with Crippen LogP contribution in [0.1, 0.15) is 0 Å². The van der Waals surface area contributed by atoms with Crippen molar-refractivity contribution in [2.45, 2.75) is 0 Å². The van der Waals surface area contributed by atoms with Crippen molar-refractivity contribution in [1.29, 1.82) is 0 Å². The quantitative estimate of drug-likeness (QED) is 0.526. The number of carboxylic acids is 1. The molecule has 0 rings (SSSR count). The predicted molar refractivity (Wildman–Crippen MR) is 56.7 cm³/mol. The fraction of sp³-hybridized carbons (Fsp3) is 0.625. The van der Waals surface area contributed by atoms with Crippen LogP contribution in [-0.2, 0) is 14.4 Å². The maximum absolute atomic E-state index is 11.1. The van der Waals surface area contributed by atoms with E-state index in [-0.39, 0.29) is 17.4 Å². The minimum Gasteiger partial charge on any atom is -0.481 e. The lowest BCUT2D eigenvalue weighted by atomic mass is 10.5. The van der Waals surface area contributed by atoms with Gasteiger partial charge >= 0.3 is 5.97 Å². The second-order valence-corrected chi connectivity index (χ2v) is 3.81. The Balaban J connectivity index is 3.41. The fourth-order valence-corrected chi connectivity index (χ4v) is 1.27. The third-order valence-corrected chi connectivity index (χ3v) is 2.34. The van der Waals surface area contributed by atoms with Gasteiger partial charge in [-0.3, -0.25) is 14.4 Å². The molecule has 0 fully saturated rings. The van der Waals surface area contributed by atoms with Crippen LogP contribution < -0.4 is 5.32 Å². The van der Waals surface area contributed by atoms with E-state index in [9.17, 15) is 14.4 Å². The van der Waals surface area contributed by atoms with Crippen molar-refractivity contribution in [3.8, 4) is 0 Å². The minimum atomic E-state index is -0.937. The van der Waals surface area contributed by atoms with Gasteiger partial charge in [0.2, 0.25) is 12.3 Å². The first-order chi connectivity index (χ1) is 7.06. The average Bonchev–Trinajstić information content (AvgIpc) is 2.17. The largest absolute Gasteiger partial charge is 0.481 e. The number of likely N-dealkylation sites (N-methyl/N-ethyl adjacent to an activating group) is 1. The first-order valence-corrected chi connectivity index (χ1v) is 5.43. The average molecular weight is 234 g/mol. The van der Waals surface area contributed by atoms with Crippen LogP contribution in [0.25, 0.3) is 0 Å². The number of nitrogens with one attached hydrogen (secondary N) is 1. The number of amides is 2. The number of carboxylic acid groups (broad SMARTS) is 1. The molecule has 0 aromatic carbocycles. The first-order valence-electron chi connectivity index (χ1n) is 4.28. The fourth-order valence-electron chi connectivity index (χ4n) is 0.706. The number of rotatable bonds is 8. The van der Waals surface area contributed by atoms with E-state index in [0.717, 1.165) is 11.8 Å². The number of thioether (sulfide) groups is 1. The third-order valence-electron chi connectivity index (χ3n) is 1.43. The van der Waals surface area contributed by atoms with Crippen LogP contribution in [0, 0.1) is 0 Å². The molecule has 0 aromatic rings. The summed E-state index contributed by atoms with van der Waals surface area (Å²) < 4.78 is 0. The lowest BCUT2D eigenvalue weighted by Gasteiger charge is -2.10. The van der Waals surface area contributed by atoms with Gasteiger partial charge in [0, 0.05) is 20.1 Å². The van der Waals surface area contributed by atoms with E-state index >= 15 is 0 Å². The Labute approximate surface area is 92.0 Å². The van der Waals surface area contributed by atoms with Crippen LogP contribution in [0.2, 0.25) is 0 Å². The molecular weight excluding hydrogens is 220 g/mol.